The van der Waals surface area contributed by atoms with Gasteiger partial charge in [0.2, 0.25) is 0 Å². The van der Waals surface area contributed by atoms with Crippen LogP contribution in [0.5, 0.6) is 5.75 Å². The molecule has 0 aliphatic carbocycles. The molecule has 0 bridgehead atoms. The molecule has 0 radical (unpaired) electrons. The fourth-order valence-electron chi connectivity index (χ4n) is 3.61. The summed E-state index contributed by atoms with van der Waals surface area (Å²) < 4.78 is 11.3. The van der Waals surface area contributed by atoms with E-state index in [1.807, 2.05) is 60.7 Å². The molecule has 0 saturated carbocycles. The molecule has 6 heteroatoms. The molecule has 5 nitrogen and oxygen atoms in total. The Hall–Kier alpha value is -2.99. The smallest absolute Gasteiger partial charge is 0.338 e. The van der Waals surface area contributed by atoms with E-state index in [9.17, 15) is 4.79 Å². The van der Waals surface area contributed by atoms with Gasteiger partial charge in [-0.05, 0) is 49.4 Å². The molecule has 30 heavy (non-hydrogen) atoms. The van der Waals surface area contributed by atoms with Crippen LogP contribution in [0.25, 0.3) is 0 Å². The summed E-state index contributed by atoms with van der Waals surface area (Å²) in [6.45, 7) is 6.59. The average molecular weight is 421 g/mol. The third-order valence-electron chi connectivity index (χ3n) is 5.00. The van der Waals surface area contributed by atoms with Crippen molar-refractivity contribution < 1.29 is 14.3 Å². The Morgan fingerprint density at radius 1 is 1.17 bits per heavy atom. The largest absolute Gasteiger partial charge is 0.489 e. The van der Waals surface area contributed by atoms with Gasteiger partial charge >= 0.3 is 5.97 Å². The van der Waals surface area contributed by atoms with E-state index >= 15 is 0 Å². The predicted molar refractivity (Wildman–Crippen MR) is 120 cm³/mol. The van der Waals surface area contributed by atoms with Gasteiger partial charge in [0.1, 0.15) is 12.4 Å². The lowest BCUT2D eigenvalue weighted by Crippen LogP contribution is -2.34. The van der Waals surface area contributed by atoms with Crippen molar-refractivity contribution in [1.82, 2.24) is 4.90 Å². The minimum Gasteiger partial charge on any atom is -0.489 e. The minimum atomic E-state index is -0.326. The number of carbonyl (C=O) groups is 1. The number of amidine groups is 1. The number of esters is 1. The van der Waals surface area contributed by atoms with Crippen molar-refractivity contribution in [3.8, 4) is 5.75 Å². The SMILES string of the molecule is CCOC(=O)C1=C(C)N=C2SC=CN2[C@H]1c1ccc(OCc2cccc(C)c2)cc1. The summed E-state index contributed by atoms with van der Waals surface area (Å²) >= 11 is 1.55. The Labute approximate surface area is 181 Å². The zero-order chi connectivity index (χ0) is 21.1. The molecule has 0 saturated heterocycles. The number of thioether (sulfide) groups is 1. The van der Waals surface area contributed by atoms with Crippen LogP contribution in [0.2, 0.25) is 0 Å². The molecule has 0 aromatic heterocycles. The summed E-state index contributed by atoms with van der Waals surface area (Å²) in [7, 11) is 0. The van der Waals surface area contributed by atoms with E-state index < -0.39 is 0 Å². The number of ether oxygens (including phenoxy) is 2. The minimum absolute atomic E-state index is 0.270. The first-order valence-corrected chi connectivity index (χ1v) is 10.8. The summed E-state index contributed by atoms with van der Waals surface area (Å²) in [5.41, 5.74) is 4.60. The van der Waals surface area contributed by atoms with E-state index in [-0.39, 0.29) is 12.0 Å². The summed E-state index contributed by atoms with van der Waals surface area (Å²) in [4.78, 5) is 19.3. The van der Waals surface area contributed by atoms with Crippen LogP contribution in [0.3, 0.4) is 0 Å². The Morgan fingerprint density at radius 2 is 1.97 bits per heavy atom. The molecule has 0 spiro atoms. The van der Waals surface area contributed by atoms with Gasteiger partial charge in [0.15, 0.2) is 5.17 Å². The fraction of sp³-hybridized carbons (Fsp3) is 0.250. The first-order valence-electron chi connectivity index (χ1n) is 9.93. The fourth-order valence-corrected chi connectivity index (χ4v) is 4.40. The first-order chi connectivity index (χ1) is 14.6. The Bertz CT molecular complexity index is 1040. The maximum atomic E-state index is 12.7. The molecule has 0 fully saturated rings. The van der Waals surface area contributed by atoms with Crippen molar-refractivity contribution in [3.63, 3.8) is 0 Å². The number of nitrogens with zero attached hydrogens (tertiary/aromatic N) is 2. The predicted octanol–water partition coefficient (Wildman–Crippen LogP) is 5.34. The molecule has 0 amide bonds. The third-order valence-corrected chi connectivity index (χ3v) is 5.77. The van der Waals surface area contributed by atoms with Gasteiger partial charge in [-0.2, -0.15) is 0 Å². The van der Waals surface area contributed by atoms with Crippen molar-refractivity contribution in [2.45, 2.75) is 33.4 Å². The van der Waals surface area contributed by atoms with E-state index in [1.165, 1.54) is 5.56 Å². The van der Waals surface area contributed by atoms with E-state index in [0.717, 1.165) is 22.0 Å². The number of benzene rings is 2. The van der Waals surface area contributed by atoms with E-state index in [4.69, 9.17) is 9.47 Å². The quantitative estimate of drug-likeness (QED) is 0.590. The van der Waals surface area contributed by atoms with Gasteiger partial charge in [0, 0.05) is 6.20 Å². The van der Waals surface area contributed by atoms with Crippen LogP contribution in [-0.2, 0) is 16.1 Å². The third kappa shape index (κ3) is 4.14. The van der Waals surface area contributed by atoms with Gasteiger partial charge in [-0.3, -0.25) is 0 Å². The highest BCUT2D eigenvalue weighted by atomic mass is 32.2. The molecular weight excluding hydrogens is 396 g/mol. The standard InChI is InChI=1S/C24H24N2O3S/c1-4-28-23(27)21-17(3)25-24-26(12-13-30-24)22(21)19-8-10-20(11-9-19)29-15-18-7-5-6-16(2)14-18/h5-14,22H,4,15H2,1-3H3/t22-/m0/s1. The highest BCUT2D eigenvalue weighted by molar-refractivity contribution is 8.16. The molecule has 2 heterocycles. The van der Waals surface area contributed by atoms with Crippen LogP contribution in [0.4, 0.5) is 0 Å². The summed E-state index contributed by atoms with van der Waals surface area (Å²) in [5, 5.41) is 2.84. The normalized spacial score (nSPS) is 17.6. The van der Waals surface area contributed by atoms with Gasteiger partial charge in [-0.25, -0.2) is 9.79 Å². The molecule has 1 atom stereocenters. The topological polar surface area (TPSA) is 51.1 Å². The summed E-state index contributed by atoms with van der Waals surface area (Å²) in [6.07, 6.45) is 1.96. The number of aliphatic imine (C=N–C) groups is 1. The van der Waals surface area contributed by atoms with E-state index in [1.54, 1.807) is 11.8 Å². The van der Waals surface area contributed by atoms with E-state index in [2.05, 4.69) is 30.1 Å². The van der Waals surface area contributed by atoms with Gasteiger partial charge in [0.25, 0.3) is 0 Å². The number of hydrogen-bond acceptors (Lipinski definition) is 6. The number of carbonyl (C=O) groups excluding carboxylic acids is 1. The average Bonchev–Trinajstić information content (AvgIpc) is 3.20. The van der Waals surface area contributed by atoms with Crippen molar-refractivity contribution in [1.29, 1.82) is 0 Å². The molecule has 0 N–H and O–H groups in total. The van der Waals surface area contributed by atoms with Crippen LogP contribution >= 0.6 is 11.8 Å². The lowest BCUT2D eigenvalue weighted by atomic mass is 9.95. The Kier molecular flexibility index (Phi) is 5.95. The molecular formula is C24H24N2O3S. The maximum absolute atomic E-state index is 12.7. The number of hydrogen-bond donors (Lipinski definition) is 0. The Morgan fingerprint density at radius 3 is 2.70 bits per heavy atom. The molecule has 2 aromatic rings. The van der Waals surface area contributed by atoms with Crippen molar-refractivity contribution in [2.75, 3.05) is 6.61 Å². The second-order valence-electron chi connectivity index (χ2n) is 7.17. The van der Waals surface area contributed by atoms with Gasteiger partial charge < -0.3 is 14.4 Å². The zero-order valence-electron chi connectivity index (χ0n) is 17.3. The number of rotatable bonds is 6. The highest BCUT2D eigenvalue weighted by Gasteiger charge is 2.37. The lowest BCUT2D eigenvalue weighted by molar-refractivity contribution is -0.139. The van der Waals surface area contributed by atoms with Crippen molar-refractivity contribution >= 4 is 22.9 Å². The number of aryl methyl sites for hydroxylation is 1. The summed E-state index contributed by atoms with van der Waals surface area (Å²) in [6, 6.07) is 15.9. The molecule has 2 aliphatic rings. The van der Waals surface area contributed by atoms with Crippen LogP contribution < -0.4 is 4.74 Å². The van der Waals surface area contributed by atoms with Gasteiger partial charge in [-0.15, -0.1) is 0 Å². The highest BCUT2D eigenvalue weighted by Crippen LogP contribution is 2.41. The molecule has 2 aromatic carbocycles. The molecule has 0 unspecified atom stereocenters. The van der Waals surface area contributed by atoms with Crippen molar-refractivity contribution in [2.24, 2.45) is 4.99 Å². The van der Waals surface area contributed by atoms with Crippen molar-refractivity contribution in [3.05, 3.63) is 88.1 Å². The number of allylic oxidation sites excluding steroid dienone is 1. The molecule has 4 rings (SSSR count). The second-order valence-corrected chi connectivity index (χ2v) is 8.05. The van der Waals surface area contributed by atoms with Gasteiger partial charge in [-0.1, -0.05) is 53.7 Å². The lowest BCUT2D eigenvalue weighted by Gasteiger charge is -2.33. The second kappa shape index (κ2) is 8.79. The van der Waals surface area contributed by atoms with Gasteiger partial charge in [0.05, 0.1) is 23.9 Å². The van der Waals surface area contributed by atoms with Crippen LogP contribution in [0.1, 0.15) is 36.6 Å². The molecule has 154 valence electrons. The summed E-state index contributed by atoms with van der Waals surface area (Å²) in [5.74, 6) is 0.461. The van der Waals surface area contributed by atoms with Crippen LogP contribution in [0.15, 0.2) is 76.4 Å². The molecule has 2 aliphatic heterocycles. The van der Waals surface area contributed by atoms with Crippen LogP contribution in [-0.4, -0.2) is 22.6 Å². The zero-order valence-corrected chi connectivity index (χ0v) is 18.1. The Balaban J connectivity index is 1.57. The van der Waals surface area contributed by atoms with E-state index in [0.29, 0.717) is 24.5 Å². The monoisotopic (exact) mass is 420 g/mol. The number of fused-ring (bicyclic) bond motifs is 1. The van der Waals surface area contributed by atoms with Crippen LogP contribution in [0, 0.1) is 6.92 Å². The first kappa shape index (κ1) is 20.3. The maximum Gasteiger partial charge on any atom is 0.338 e.